The zero-order valence-electron chi connectivity index (χ0n) is 21.0. The van der Waals surface area contributed by atoms with Gasteiger partial charge in [0.1, 0.15) is 28.7 Å². The first-order chi connectivity index (χ1) is 16.6. The largest absolute Gasteiger partial charge is 0.508 e. The molecule has 0 amide bonds. The van der Waals surface area contributed by atoms with E-state index in [4.69, 9.17) is 4.74 Å². The van der Waals surface area contributed by atoms with Gasteiger partial charge in [-0.1, -0.05) is 36.4 Å². The van der Waals surface area contributed by atoms with Gasteiger partial charge in [0.15, 0.2) is 0 Å². The van der Waals surface area contributed by atoms with Crippen molar-refractivity contribution in [3.8, 4) is 28.7 Å². The van der Waals surface area contributed by atoms with E-state index in [0.717, 1.165) is 27.8 Å². The molecular formula is C30H31NO4. The summed E-state index contributed by atoms with van der Waals surface area (Å²) in [5.74, 6) is 1.63. The number of phenolic OH excluding ortho intramolecular Hbond substituents is 3. The molecule has 0 saturated carbocycles. The van der Waals surface area contributed by atoms with Gasteiger partial charge in [-0.05, 0) is 87.6 Å². The van der Waals surface area contributed by atoms with Crippen LogP contribution in [0.3, 0.4) is 0 Å². The fourth-order valence-corrected chi connectivity index (χ4v) is 4.27. The number of hydrogen-bond acceptors (Lipinski definition) is 5. The first kappa shape index (κ1) is 24.0. The van der Waals surface area contributed by atoms with Crippen LogP contribution in [0.1, 0.15) is 33.4 Å². The van der Waals surface area contributed by atoms with Crippen LogP contribution >= 0.6 is 0 Å². The molecule has 35 heavy (non-hydrogen) atoms. The fourth-order valence-electron chi connectivity index (χ4n) is 4.27. The van der Waals surface area contributed by atoms with E-state index in [2.05, 4.69) is 0 Å². The smallest absolute Gasteiger partial charge is 0.142 e. The van der Waals surface area contributed by atoms with E-state index in [1.165, 1.54) is 0 Å². The number of anilines is 3. The van der Waals surface area contributed by atoms with E-state index in [9.17, 15) is 15.3 Å². The van der Waals surface area contributed by atoms with Gasteiger partial charge in [-0.15, -0.1) is 0 Å². The number of phenols is 3. The predicted molar refractivity (Wildman–Crippen MR) is 141 cm³/mol. The van der Waals surface area contributed by atoms with Crippen molar-refractivity contribution < 1.29 is 20.1 Å². The quantitative estimate of drug-likeness (QED) is 0.277. The third kappa shape index (κ3) is 4.37. The van der Waals surface area contributed by atoms with E-state index in [-0.39, 0.29) is 17.2 Å². The highest BCUT2D eigenvalue weighted by molar-refractivity contribution is 5.87. The Morgan fingerprint density at radius 3 is 1.69 bits per heavy atom. The van der Waals surface area contributed by atoms with E-state index in [0.29, 0.717) is 34.1 Å². The van der Waals surface area contributed by atoms with Gasteiger partial charge >= 0.3 is 0 Å². The van der Waals surface area contributed by atoms with Crippen molar-refractivity contribution in [1.29, 1.82) is 0 Å². The van der Waals surface area contributed by atoms with Crippen molar-refractivity contribution in [2.75, 3.05) is 4.90 Å². The monoisotopic (exact) mass is 469 g/mol. The number of aryl methyl sites for hydroxylation is 5. The molecule has 5 nitrogen and oxygen atoms in total. The molecule has 0 heterocycles. The van der Waals surface area contributed by atoms with Crippen molar-refractivity contribution in [2.24, 2.45) is 0 Å². The summed E-state index contributed by atoms with van der Waals surface area (Å²) >= 11 is 0. The molecule has 0 aliphatic heterocycles. The van der Waals surface area contributed by atoms with Crippen LogP contribution in [0.25, 0.3) is 0 Å². The Hall–Kier alpha value is -4.12. The molecule has 4 aromatic carbocycles. The summed E-state index contributed by atoms with van der Waals surface area (Å²) in [5.41, 5.74) is 6.66. The first-order valence-electron chi connectivity index (χ1n) is 11.6. The maximum Gasteiger partial charge on any atom is 0.142 e. The van der Waals surface area contributed by atoms with Gasteiger partial charge in [-0.3, -0.25) is 0 Å². The Balaban J connectivity index is 1.94. The van der Waals surface area contributed by atoms with Crippen LogP contribution in [-0.2, 0) is 0 Å². The molecule has 0 unspecified atom stereocenters. The lowest BCUT2D eigenvalue weighted by Gasteiger charge is -2.31. The minimum Gasteiger partial charge on any atom is -0.508 e. The van der Waals surface area contributed by atoms with Crippen LogP contribution in [0.15, 0.2) is 60.7 Å². The highest BCUT2D eigenvalue weighted by atomic mass is 16.5. The summed E-state index contributed by atoms with van der Waals surface area (Å²) in [5, 5.41) is 32.5. The average Bonchev–Trinajstić information content (AvgIpc) is 2.83. The molecule has 4 aromatic rings. The third-order valence-corrected chi connectivity index (χ3v) is 6.43. The van der Waals surface area contributed by atoms with Crippen LogP contribution in [-0.4, -0.2) is 15.3 Å². The molecule has 5 heteroatoms. The molecule has 3 N–H and O–H groups in total. The minimum atomic E-state index is 0.149. The number of rotatable bonds is 5. The second kappa shape index (κ2) is 9.26. The van der Waals surface area contributed by atoms with Gasteiger partial charge in [0.05, 0.1) is 17.1 Å². The summed E-state index contributed by atoms with van der Waals surface area (Å²) in [6.07, 6.45) is 0. The van der Waals surface area contributed by atoms with Crippen molar-refractivity contribution in [1.82, 2.24) is 0 Å². The number of ether oxygens (including phenoxy) is 1. The standard InChI is InChI=1S/C30H31NO4/c1-17-10-12-19(3)28(33)26(17)31(27-18(2)11-13-20(4)29(27)34)23-8-7-9-24(16-23)35-30-21(5)14-15-25(32)22(30)6/h7-16,32-34H,1-6H3. The molecule has 0 radical (unpaired) electrons. The Morgan fingerprint density at radius 1 is 0.600 bits per heavy atom. The van der Waals surface area contributed by atoms with Crippen molar-refractivity contribution >= 4 is 17.1 Å². The number of hydrogen-bond donors (Lipinski definition) is 3. The molecule has 0 atom stereocenters. The van der Waals surface area contributed by atoms with Crippen LogP contribution < -0.4 is 9.64 Å². The summed E-state index contributed by atoms with van der Waals surface area (Å²) in [4.78, 5) is 1.88. The number of benzene rings is 4. The molecule has 0 aliphatic rings. The number of nitrogens with zero attached hydrogens (tertiary/aromatic N) is 1. The highest BCUT2D eigenvalue weighted by Crippen LogP contribution is 2.49. The van der Waals surface area contributed by atoms with E-state index in [1.807, 2.05) is 101 Å². The fraction of sp³-hybridized carbons (Fsp3) is 0.200. The molecule has 180 valence electrons. The zero-order valence-corrected chi connectivity index (χ0v) is 21.0. The maximum atomic E-state index is 11.1. The maximum absolute atomic E-state index is 11.1. The first-order valence-corrected chi connectivity index (χ1v) is 11.6. The summed E-state index contributed by atoms with van der Waals surface area (Å²) in [7, 11) is 0. The van der Waals surface area contributed by atoms with E-state index < -0.39 is 0 Å². The summed E-state index contributed by atoms with van der Waals surface area (Å²) in [6.45, 7) is 11.3. The van der Waals surface area contributed by atoms with Gasteiger partial charge in [-0.25, -0.2) is 0 Å². The lowest BCUT2D eigenvalue weighted by atomic mass is 10.0. The Labute approximate surface area is 206 Å². The predicted octanol–water partition coefficient (Wildman–Crippen LogP) is 7.92. The van der Waals surface area contributed by atoms with Crippen LogP contribution in [0.4, 0.5) is 17.1 Å². The van der Waals surface area contributed by atoms with Crippen LogP contribution in [0, 0.1) is 41.5 Å². The molecular weight excluding hydrogens is 438 g/mol. The second-order valence-corrected chi connectivity index (χ2v) is 9.08. The number of aromatic hydroxyl groups is 3. The molecule has 0 saturated heterocycles. The highest BCUT2D eigenvalue weighted by Gasteiger charge is 2.25. The van der Waals surface area contributed by atoms with Crippen LogP contribution in [0.5, 0.6) is 28.7 Å². The molecule has 0 aliphatic carbocycles. The van der Waals surface area contributed by atoms with Gasteiger partial charge in [0.25, 0.3) is 0 Å². The lowest BCUT2D eigenvalue weighted by Crippen LogP contribution is -2.14. The van der Waals surface area contributed by atoms with Crippen molar-refractivity contribution in [3.63, 3.8) is 0 Å². The van der Waals surface area contributed by atoms with Crippen molar-refractivity contribution in [3.05, 3.63) is 94.0 Å². The van der Waals surface area contributed by atoms with Gasteiger partial charge in [0.2, 0.25) is 0 Å². The lowest BCUT2D eigenvalue weighted by molar-refractivity contribution is 0.446. The topological polar surface area (TPSA) is 73.2 Å². The Morgan fingerprint density at radius 2 is 1.11 bits per heavy atom. The molecule has 4 rings (SSSR count). The molecule has 0 bridgehead atoms. The Kier molecular flexibility index (Phi) is 6.35. The normalized spacial score (nSPS) is 10.9. The zero-order chi connectivity index (χ0) is 25.4. The van der Waals surface area contributed by atoms with Crippen LogP contribution in [0.2, 0.25) is 0 Å². The van der Waals surface area contributed by atoms with Gasteiger partial charge < -0.3 is 25.0 Å². The third-order valence-electron chi connectivity index (χ3n) is 6.43. The van der Waals surface area contributed by atoms with E-state index in [1.54, 1.807) is 6.07 Å². The molecule has 0 spiro atoms. The molecule has 0 fully saturated rings. The summed E-state index contributed by atoms with van der Waals surface area (Å²) < 4.78 is 6.24. The Bertz CT molecular complexity index is 1370. The van der Waals surface area contributed by atoms with Gasteiger partial charge in [-0.2, -0.15) is 0 Å². The molecule has 0 aromatic heterocycles. The second-order valence-electron chi connectivity index (χ2n) is 9.08. The minimum absolute atomic E-state index is 0.149. The van der Waals surface area contributed by atoms with E-state index >= 15 is 0 Å². The van der Waals surface area contributed by atoms with Gasteiger partial charge in [0, 0.05) is 11.6 Å². The SMILES string of the molecule is Cc1ccc(C)c(N(c2cccc(Oc3c(C)ccc(O)c3C)c2)c2c(C)ccc(C)c2O)c1O. The average molecular weight is 470 g/mol. The summed E-state index contributed by atoms with van der Waals surface area (Å²) in [6, 6.07) is 18.6. The van der Waals surface area contributed by atoms with Crippen molar-refractivity contribution in [2.45, 2.75) is 41.5 Å².